The Kier molecular flexibility index (Phi) is 3.20. The maximum absolute atomic E-state index is 12.3. The molecule has 0 saturated carbocycles. The van der Waals surface area contributed by atoms with E-state index >= 15 is 0 Å². The SMILES string of the molecule is CN1C(=O)/C(=C/c2ccccc2Cl)Oc2ccccc21. The van der Waals surface area contributed by atoms with E-state index in [0.29, 0.717) is 10.8 Å². The molecule has 0 spiro atoms. The number of halogens is 1. The molecule has 2 aromatic rings. The molecule has 1 heterocycles. The molecule has 0 aliphatic carbocycles. The van der Waals surface area contributed by atoms with Gasteiger partial charge in [0.2, 0.25) is 0 Å². The highest BCUT2D eigenvalue weighted by atomic mass is 35.5. The van der Waals surface area contributed by atoms with Crippen LogP contribution in [-0.4, -0.2) is 13.0 Å². The lowest BCUT2D eigenvalue weighted by atomic mass is 10.1. The smallest absolute Gasteiger partial charge is 0.293 e. The van der Waals surface area contributed by atoms with Crippen molar-refractivity contribution in [3.05, 3.63) is 64.9 Å². The first-order valence-corrected chi connectivity index (χ1v) is 6.56. The van der Waals surface area contributed by atoms with E-state index in [1.807, 2.05) is 42.5 Å². The third kappa shape index (κ3) is 2.17. The Morgan fingerprint density at radius 3 is 2.60 bits per heavy atom. The van der Waals surface area contributed by atoms with E-state index in [4.69, 9.17) is 16.3 Å². The van der Waals surface area contributed by atoms with Crippen LogP contribution in [0.4, 0.5) is 5.69 Å². The highest BCUT2D eigenvalue weighted by Gasteiger charge is 2.27. The highest BCUT2D eigenvalue weighted by Crippen LogP contribution is 2.34. The van der Waals surface area contributed by atoms with Crippen molar-refractivity contribution in [1.82, 2.24) is 0 Å². The van der Waals surface area contributed by atoms with Crippen LogP contribution in [0.15, 0.2) is 54.3 Å². The molecule has 3 nitrogen and oxygen atoms in total. The zero-order chi connectivity index (χ0) is 14.1. The molecule has 20 heavy (non-hydrogen) atoms. The molecule has 3 rings (SSSR count). The molecule has 4 heteroatoms. The Hall–Kier alpha value is -2.26. The number of likely N-dealkylation sites (N-methyl/N-ethyl adjacent to an activating group) is 1. The Labute approximate surface area is 122 Å². The summed E-state index contributed by atoms with van der Waals surface area (Å²) >= 11 is 6.10. The second-order valence-electron chi connectivity index (χ2n) is 4.46. The number of anilines is 1. The van der Waals surface area contributed by atoms with Gasteiger partial charge in [0.05, 0.1) is 5.69 Å². The maximum Gasteiger partial charge on any atom is 0.293 e. The van der Waals surface area contributed by atoms with Gasteiger partial charge in [-0.25, -0.2) is 0 Å². The van der Waals surface area contributed by atoms with Crippen LogP contribution in [0.1, 0.15) is 5.56 Å². The predicted octanol–water partition coefficient (Wildman–Crippen LogP) is 3.74. The van der Waals surface area contributed by atoms with Gasteiger partial charge < -0.3 is 9.64 Å². The number of fused-ring (bicyclic) bond motifs is 1. The summed E-state index contributed by atoms with van der Waals surface area (Å²) in [6, 6.07) is 14.7. The van der Waals surface area contributed by atoms with Crippen molar-refractivity contribution in [1.29, 1.82) is 0 Å². The minimum absolute atomic E-state index is 0.191. The van der Waals surface area contributed by atoms with Crippen LogP contribution < -0.4 is 9.64 Å². The maximum atomic E-state index is 12.3. The largest absolute Gasteiger partial charge is 0.449 e. The van der Waals surface area contributed by atoms with E-state index in [-0.39, 0.29) is 11.7 Å². The first-order valence-electron chi connectivity index (χ1n) is 6.18. The summed E-state index contributed by atoms with van der Waals surface area (Å²) in [5.74, 6) is 0.732. The van der Waals surface area contributed by atoms with Crippen molar-refractivity contribution in [3.63, 3.8) is 0 Å². The lowest BCUT2D eigenvalue weighted by Gasteiger charge is -2.27. The van der Waals surface area contributed by atoms with Crippen molar-refractivity contribution >= 4 is 29.3 Å². The number of rotatable bonds is 1. The zero-order valence-corrected chi connectivity index (χ0v) is 11.6. The molecule has 0 saturated heterocycles. The number of amides is 1. The summed E-state index contributed by atoms with van der Waals surface area (Å²) in [7, 11) is 1.73. The molecule has 1 amide bonds. The number of nitrogens with zero attached hydrogens (tertiary/aromatic N) is 1. The van der Waals surface area contributed by atoms with Gasteiger partial charge in [-0.2, -0.15) is 0 Å². The van der Waals surface area contributed by atoms with E-state index in [1.54, 1.807) is 24.1 Å². The van der Waals surface area contributed by atoms with Gasteiger partial charge in [0, 0.05) is 12.1 Å². The van der Waals surface area contributed by atoms with E-state index in [0.717, 1.165) is 11.3 Å². The van der Waals surface area contributed by atoms with Crippen LogP contribution >= 0.6 is 11.6 Å². The molecule has 0 unspecified atom stereocenters. The van der Waals surface area contributed by atoms with Crippen molar-refractivity contribution in [2.75, 3.05) is 11.9 Å². The average molecular weight is 286 g/mol. The molecule has 0 radical (unpaired) electrons. The summed E-state index contributed by atoms with van der Waals surface area (Å²) in [5, 5.41) is 0.581. The van der Waals surface area contributed by atoms with Crippen molar-refractivity contribution in [2.45, 2.75) is 0 Å². The Bertz CT molecular complexity index is 709. The number of benzene rings is 2. The molecular weight excluding hydrogens is 274 g/mol. The molecule has 0 N–H and O–H groups in total. The molecular formula is C16H12ClNO2. The number of carbonyl (C=O) groups is 1. The molecule has 0 atom stereocenters. The van der Waals surface area contributed by atoms with Crippen LogP contribution in [0.3, 0.4) is 0 Å². The molecule has 0 aromatic heterocycles. The van der Waals surface area contributed by atoms with Gasteiger partial charge in [0.15, 0.2) is 11.5 Å². The first kappa shape index (κ1) is 12.8. The van der Waals surface area contributed by atoms with Crippen molar-refractivity contribution < 1.29 is 9.53 Å². The summed E-state index contributed by atoms with van der Waals surface area (Å²) in [6.45, 7) is 0. The molecule has 2 aromatic carbocycles. The van der Waals surface area contributed by atoms with Crippen LogP contribution in [0.5, 0.6) is 5.75 Å². The monoisotopic (exact) mass is 285 g/mol. The van der Waals surface area contributed by atoms with Gasteiger partial charge in [-0.1, -0.05) is 41.9 Å². The fourth-order valence-corrected chi connectivity index (χ4v) is 2.27. The number of ether oxygens (including phenoxy) is 1. The fraction of sp³-hybridized carbons (Fsp3) is 0.0625. The second-order valence-corrected chi connectivity index (χ2v) is 4.87. The molecule has 100 valence electrons. The number of hydrogen-bond acceptors (Lipinski definition) is 2. The standard InChI is InChI=1S/C16H12ClNO2/c1-18-13-8-4-5-9-14(13)20-15(16(18)19)10-11-6-2-3-7-12(11)17/h2-10H,1H3/b15-10-. The van der Waals surface area contributed by atoms with Crippen LogP contribution in [0.25, 0.3) is 6.08 Å². The normalized spacial score (nSPS) is 16.0. The summed E-state index contributed by atoms with van der Waals surface area (Å²) in [4.78, 5) is 13.9. The van der Waals surface area contributed by atoms with Crippen LogP contribution in [0, 0.1) is 0 Å². The number of carbonyl (C=O) groups excluding carboxylic acids is 1. The Morgan fingerprint density at radius 1 is 1.10 bits per heavy atom. The van der Waals surface area contributed by atoms with Gasteiger partial charge in [0.1, 0.15) is 0 Å². The van der Waals surface area contributed by atoms with E-state index in [9.17, 15) is 4.79 Å². The summed E-state index contributed by atoms with van der Waals surface area (Å²) < 4.78 is 5.68. The quantitative estimate of drug-likeness (QED) is 0.747. The van der Waals surface area contributed by atoms with E-state index in [1.165, 1.54) is 0 Å². The highest BCUT2D eigenvalue weighted by molar-refractivity contribution is 6.32. The topological polar surface area (TPSA) is 29.5 Å². The third-order valence-electron chi connectivity index (χ3n) is 3.15. The first-order chi connectivity index (χ1) is 9.66. The fourth-order valence-electron chi connectivity index (χ4n) is 2.08. The van der Waals surface area contributed by atoms with Gasteiger partial charge >= 0.3 is 0 Å². The van der Waals surface area contributed by atoms with E-state index in [2.05, 4.69) is 0 Å². The van der Waals surface area contributed by atoms with Crippen molar-refractivity contribution in [3.8, 4) is 5.75 Å². The van der Waals surface area contributed by atoms with Crippen molar-refractivity contribution in [2.24, 2.45) is 0 Å². The van der Waals surface area contributed by atoms with Gasteiger partial charge in [0.25, 0.3) is 5.91 Å². The predicted molar refractivity (Wildman–Crippen MR) is 79.9 cm³/mol. The second kappa shape index (κ2) is 5.02. The van der Waals surface area contributed by atoms with Gasteiger partial charge in [-0.05, 0) is 29.8 Å². The average Bonchev–Trinajstić information content (AvgIpc) is 2.47. The van der Waals surface area contributed by atoms with Gasteiger partial charge in [-0.15, -0.1) is 0 Å². The van der Waals surface area contributed by atoms with Crippen LogP contribution in [0.2, 0.25) is 5.02 Å². The zero-order valence-electron chi connectivity index (χ0n) is 10.8. The molecule has 1 aliphatic heterocycles. The van der Waals surface area contributed by atoms with E-state index < -0.39 is 0 Å². The molecule has 0 fully saturated rings. The Balaban J connectivity index is 2.05. The molecule has 1 aliphatic rings. The van der Waals surface area contributed by atoms with Crippen LogP contribution in [-0.2, 0) is 4.79 Å². The van der Waals surface area contributed by atoms with Gasteiger partial charge in [-0.3, -0.25) is 4.79 Å². The third-order valence-corrected chi connectivity index (χ3v) is 3.50. The Morgan fingerprint density at radius 2 is 1.80 bits per heavy atom. The minimum Gasteiger partial charge on any atom is -0.449 e. The number of para-hydroxylation sites is 2. The summed E-state index contributed by atoms with van der Waals surface area (Å²) in [5.41, 5.74) is 1.51. The molecule has 0 bridgehead atoms. The minimum atomic E-state index is -0.191. The summed E-state index contributed by atoms with van der Waals surface area (Å²) in [6.07, 6.45) is 1.66. The number of hydrogen-bond donors (Lipinski definition) is 0. The lowest BCUT2D eigenvalue weighted by molar-refractivity contribution is -0.117. The lowest BCUT2D eigenvalue weighted by Crippen LogP contribution is -2.33.